The quantitative estimate of drug-likeness (QED) is 0.856. The predicted octanol–water partition coefficient (Wildman–Crippen LogP) is 2.16. The van der Waals surface area contributed by atoms with Crippen molar-refractivity contribution in [2.24, 2.45) is 5.92 Å². The smallest absolute Gasteiger partial charge is 0.232 e. The summed E-state index contributed by atoms with van der Waals surface area (Å²) in [5.41, 5.74) is 0.270. The van der Waals surface area contributed by atoms with E-state index in [4.69, 9.17) is 11.6 Å². The van der Waals surface area contributed by atoms with Gasteiger partial charge in [-0.25, -0.2) is 12.8 Å². The summed E-state index contributed by atoms with van der Waals surface area (Å²) in [6.45, 7) is 0.261. The molecule has 1 aromatic rings. The zero-order valence-corrected chi connectivity index (χ0v) is 13.8. The van der Waals surface area contributed by atoms with Crippen molar-refractivity contribution in [1.82, 2.24) is 5.32 Å². The molecule has 1 saturated carbocycles. The lowest BCUT2D eigenvalue weighted by Gasteiger charge is -2.26. The molecule has 0 heterocycles. The van der Waals surface area contributed by atoms with E-state index in [-0.39, 0.29) is 35.6 Å². The maximum Gasteiger partial charge on any atom is 0.232 e. The molecule has 0 aromatic heterocycles. The largest absolute Gasteiger partial charge is 0.354 e. The second-order valence-corrected chi connectivity index (χ2v) is 7.67. The highest BCUT2D eigenvalue weighted by atomic mass is 35.5. The second kappa shape index (κ2) is 6.83. The van der Waals surface area contributed by atoms with Crippen molar-refractivity contribution in [3.63, 3.8) is 0 Å². The number of halogens is 2. The fourth-order valence-corrected chi connectivity index (χ4v) is 3.32. The Bertz CT molecular complexity index is 662. The zero-order chi connectivity index (χ0) is 16.3. The normalized spacial score (nSPS) is 15.2. The van der Waals surface area contributed by atoms with Gasteiger partial charge in [-0.1, -0.05) is 18.0 Å². The Morgan fingerprint density at radius 3 is 2.64 bits per heavy atom. The molecule has 1 amide bonds. The maximum atomic E-state index is 13.2. The van der Waals surface area contributed by atoms with Gasteiger partial charge in [0.2, 0.25) is 15.9 Å². The molecule has 0 aliphatic heterocycles. The van der Waals surface area contributed by atoms with Crippen molar-refractivity contribution in [3.8, 4) is 0 Å². The number of nitrogens with zero attached hydrogens (tertiary/aromatic N) is 1. The Morgan fingerprint density at radius 1 is 1.45 bits per heavy atom. The minimum absolute atomic E-state index is 0.0446. The summed E-state index contributed by atoms with van der Waals surface area (Å²) in [6, 6.07) is 3.71. The fourth-order valence-electron chi connectivity index (χ4n) is 2.22. The van der Waals surface area contributed by atoms with Crippen LogP contribution in [0.1, 0.15) is 19.3 Å². The van der Waals surface area contributed by atoms with Gasteiger partial charge < -0.3 is 5.32 Å². The molecule has 1 aliphatic carbocycles. The molecule has 22 heavy (non-hydrogen) atoms. The third-order valence-corrected chi connectivity index (χ3v) is 5.17. The summed E-state index contributed by atoms with van der Waals surface area (Å²) in [5.74, 6) is -0.610. The molecule has 0 bridgehead atoms. The number of amides is 1. The topological polar surface area (TPSA) is 66.5 Å². The first-order chi connectivity index (χ1) is 10.3. The lowest BCUT2D eigenvalue weighted by Crippen LogP contribution is -2.41. The number of benzene rings is 1. The van der Waals surface area contributed by atoms with E-state index in [9.17, 15) is 17.6 Å². The Kier molecular flexibility index (Phi) is 5.28. The Balaban J connectivity index is 2.03. The molecule has 0 radical (unpaired) electrons. The highest BCUT2D eigenvalue weighted by Gasteiger charge is 2.25. The van der Waals surface area contributed by atoms with E-state index in [0.29, 0.717) is 0 Å². The fraction of sp³-hybridized carbons (Fsp3) is 0.500. The van der Waals surface area contributed by atoms with Gasteiger partial charge in [-0.05, 0) is 31.0 Å². The van der Waals surface area contributed by atoms with Crippen LogP contribution in [0.5, 0.6) is 0 Å². The van der Waals surface area contributed by atoms with Gasteiger partial charge in [-0.2, -0.15) is 0 Å². The molecule has 0 unspecified atom stereocenters. The van der Waals surface area contributed by atoms with Crippen molar-refractivity contribution in [1.29, 1.82) is 0 Å². The van der Waals surface area contributed by atoms with Crippen LogP contribution in [0.15, 0.2) is 18.2 Å². The van der Waals surface area contributed by atoms with Gasteiger partial charge in [-0.3, -0.25) is 9.10 Å². The van der Waals surface area contributed by atoms with Crippen molar-refractivity contribution in [2.45, 2.75) is 19.3 Å². The number of hydrogen-bond acceptors (Lipinski definition) is 3. The standard InChI is InChI=1S/C14H18ClFN2O3S/c1-22(20,21)18(11-5-6-13(16)12(15)9-11)8-7-17-14(19)10-3-2-4-10/h5-6,9-10H,2-4,7-8H2,1H3,(H,17,19). The summed E-state index contributed by atoms with van der Waals surface area (Å²) in [7, 11) is -3.56. The Hall–Kier alpha value is -1.34. The number of carbonyl (C=O) groups excluding carboxylic acids is 1. The highest BCUT2D eigenvalue weighted by molar-refractivity contribution is 7.92. The summed E-state index contributed by atoms with van der Waals surface area (Å²) < 4.78 is 38.1. The third-order valence-electron chi connectivity index (χ3n) is 3.68. The lowest BCUT2D eigenvalue weighted by atomic mass is 9.85. The molecule has 1 aromatic carbocycles. The molecule has 0 spiro atoms. The molecule has 8 heteroatoms. The second-order valence-electron chi connectivity index (χ2n) is 5.35. The van der Waals surface area contributed by atoms with E-state index in [2.05, 4.69) is 5.32 Å². The van der Waals surface area contributed by atoms with Crippen LogP contribution >= 0.6 is 11.6 Å². The van der Waals surface area contributed by atoms with Gasteiger partial charge in [0, 0.05) is 12.5 Å². The van der Waals surface area contributed by atoms with Crippen LogP contribution in [0.25, 0.3) is 0 Å². The van der Waals surface area contributed by atoms with Gasteiger partial charge >= 0.3 is 0 Å². The molecular formula is C14H18ClFN2O3S. The van der Waals surface area contributed by atoms with Gasteiger partial charge in [0.1, 0.15) is 5.82 Å². The zero-order valence-electron chi connectivity index (χ0n) is 12.2. The molecule has 5 nitrogen and oxygen atoms in total. The van der Waals surface area contributed by atoms with Crippen LogP contribution in [0.4, 0.5) is 10.1 Å². The van der Waals surface area contributed by atoms with Crippen molar-refractivity contribution < 1.29 is 17.6 Å². The van der Waals surface area contributed by atoms with E-state index in [1.54, 1.807) is 0 Å². The minimum Gasteiger partial charge on any atom is -0.354 e. The van der Waals surface area contributed by atoms with Crippen molar-refractivity contribution >= 4 is 33.2 Å². The molecule has 2 rings (SSSR count). The predicted molar refractivity (Wildman–Crippen MR) is 84.0 cm³/mol. The molecule has 0 atom stereocenters. The number of rotatable bonds is 6. The van der Waals surface area contributed by atoms with E-state index < -0.39 is 15.8 Å². The summed E-state index contributed by atoms with van der Waals surface area (Å²) in [4.78, 5) is 11.7. The van der Waals surface area contributed by atoms with Crippen LogP contribution in [0.2, 0.25) is 5.02 Å². The molecule has 0 saturated heterocycles. The first-order valence-electron chi connectivity index (χ1n) is 6.99. The van der Waals surface area contributed by atoms with Crippen LogP contribution in [-0.4, -0.2) is 33.7 Å². The first-order valence-corrected chi connectivity index (χ1v) is 9.22. The number of hydrogen-bond donors (Lipinski definition) is 1. The number of carbonyl (C=O) groups is 1. The average Bonchev–Trinajstić information content (AvgIpc) is 2.34. The Morgan fingerprint density at radius 2 is 2.14 bits per heavy atom. The number of nitrogens with one attached hydrogen (secondary N) is 1. The third kappa shape index (κ3) is 4.10. The van der Waals surface area contributed by atoms with Crippen LogP contribution in [0.3, 0.4) is 0 Å². The van der Waals surface area contributed by atoms with E-state index in [1.807, 2.05) is 0 Å². The highest BCUT2D eigenvalue weighted by Crippen LogP contribution is 2.26. The SMILES string of the molecule is CS(=O)(=O)N(CCNC(=O)C1CCC1)c1ccc(F)c(Cl)c1. The molecule has 1 fully saturated rings. The van der Waals surface area contributed by atoms with E-state index >= 15 is 0 Å². The van der Waals surface area contributed by atoms with E-state index in [1.165, 1.54) is 12.1 Å². The van der Waals surface area contributed by atoms with Crippen LogP contribution in [-0.2, 0) is 14.8 Å². The molecule has 1 aliphatic rings. The average molecular weight is 349 g/mol. The molecule has 122 valence electrons. The maximum absolute atomic E-state index is 13.2. The van der Waals surface area contributed by atoms with Gasteiger partial charge in [0.15, 0.2) is 0 Å². The lowest BCUT2D eigenvalue weighted by molar-refractivity contribution is -0.127. The van der Waals surface area contributed by atoms with E-state index in [0.717, 1.165) is 35.9 Å². The van der Waals surface area contributed by atoms with Crippen molar-refractivity contribution in [2.75, 3.05) is 23.7 Å². The summed E-state index contributed by atoms with van der Waals surface area (Å²) in [5, 5.41) is 2.58. The van der Waals surface area contributed by atoms with Gasteiger partial charge in [-0.15, -0.1) is 0 Å². The van der Waals surface area contributed by atoms with Crippen molar-refractivity contribution in [3.05, 3.63) is 29.0 Å². The monoisotopic (exact) mass is 348 g/mol. The summed E-state index contributed by atoms with van der Waals surface area (Å²) in [6.07, 6.45) is 3.88. The van der Waals surface area contributed by atoms with Gasteiger partial charge in [0.05, 0.1) is 23.5 Å². The molecular weight excluding hydrogens is 331 g/mol. The Labute approximate surface area is 134 Å². The first kappa shape index (κ1) is 17.0. The minimum atomic E-state index is -3.56. The van der Waals surface area contributed by atoms with Crippen LogP contribution < -0.4 is 9.62 Å². The number of anilines is 1. The van der Waals surface area contributed by atoms with Crippen LogP contribution in [0, 0.1) is 11.7 Å². The molecule has 1 N–H and O–H groups in total. The number of sulfonamides is 1. The van der Waals surface area contributed by atoms with Gasteiger partial charge in [0.25, 0.3) is 0 Å². The summed E-state index contributed by atoms with van der Waals surface area (Å²) >= 11 is 5.69.